The first kappa shape index (κ1) is 13.3. The summed E-state index contributed by atoms with van der Waals surface area (Å²) in [7, 11) is 0. The van der Waals surface area contributed by atoms with Crippen LogP contribution in [0.5, 0.6) is 0 Å². The lowest BCUT2D eigenvalue weighted by Crippen LogP contribution is -2.40. The molecule has 2 heterocycles. The summed E-state index contributed by atoms with van der Waals surface area (Å²) in [6.07, 6.45) is 1.81. The number of hydrogen-bond acceptors (Lipinski definition) is 4. The van der Waals surface area contributed by atoms with Crippen molar-refractivity contribution in [2.75, 3.05) is 13.1 Å². The van der Waals surface area contributed by atoms with Crippen LogP contribution in [0.3, 0.4) is 0 Å². The summed E-state index contributed by atoms with van der Waals surface area (Å²) in [4.78, 5) is 2.41. The smallest absolute Gasteiger partial charge is 0.147 e. The number of rotatable bonds is 3. The number of nitrogens with zero attached hydrogens (tertiary/aromatic N) is 4. The number of fused-ring (bicyclic) bond motifs is 1. The number of benzene rings is 1. The first-order chi connectivity index (χ1) is 9.70. The minimum atomic E-state index is 0.250. The van der Waals surface area contributed by atoms with Crippen LogP contribution in [-0.4, -0.2) is 32.8 Å². The van der Waals surface area contributed by atoms with E-state index in [4.69, 9.17) is 5.73 Å². The molecule has 1 atom stereocenters. The molecule has 0 radical (unpaired) electrons. The highest BCUT2D eigenvalue weighted by molar-refractivity contribution is 5.35. The zero-order valence-electron chi connectivity index (χ0n) is 12.1. The molecule has 5 nitrogen and oxygen atoms in total. The Kier molecular flexibility index (Phi) is 3.54. The summed E-state index contributed by atoms with van der Waals surface area (Å²) in [6.45, 7) is 7.69. The Hall–Kier alpha value is -1.72. The molecule has 20 heavy (non-hydrogen) atoms. The highest BCUT2D eigenvalue weighted by atomic mass is 15.3. The van der Waals surface area contributed by atoms with Gasteiger partial charge in [0.25, 0.3) is 0 Å². The van der Waals surface area contributed by atoms with Crippen molar-refractivity contribution >= 4 is 0 Å². The Morgan fingerprint density at radius 1 is 1.30 bits per heavy atom. The van der Waals surface area contributed by atoms with Gasteiger partial charge in [-0.05, 0) is 30.5 Å². The summed E-state index contributed by atoms with van der Waals surface area (Å²) in [5, 5.41) is 8.17. The third-order valence-corrected chi connectivity index (χ3v) is 4.34. The fraction of sp³-hybridized carbons (Fsp3) is 0.467. The van der Waals surface area contributed by atoms with Gasteiger partial charge in [0.15, 0.2) is 0 Å². The number of hydrogen-bond donors (Lipinski definition) is 1. The number of aryl methyl sites for hydroxylation is 1. The SMILES string of the molecule is Cc1cccc(C(CN)N2CCn3cnnc3C2)c1C. The third kappa shape index (κ3) is 2.23. The minimum absolute atomic E-state index is 0.250. The van der Waals surface area contributed by atoms with Crippen molar-refractivity contribution in [3.05, 3.63) is 47.0 Å². The predicted molar refractivity (Wildman–Crippen MR) is 78.1 cm³/mol. The van der Waals surface area contributed by atoms with Gasteiger partial charge >= 0.3 is 0 Å². The molecule has 1 aromatic heterocycles. The van der Waals surface area contributed by atoms with E-state index in [9.17, 15) is 0 Å². The van der Waals surface area contributed by atoms with E-state index in [1.54, 1.807) is 0 Å². The van der Waals surface area contributed by atoms with Crippen LogP contribution in [0.4, 0.5) is 0 Å². The van der Waals surface area contributed by atoms with Crippen LogP contribution < -0.4 is 5.73 Å². The summed E-state index contributed by atoms with van der Waals surface area (Å²) >= 11 is 0. The molecule has 1 aliphatic heterocycles. The lowest BCUT2D eigenvalue weighted by molar-refractivity contribution is 0.156. The average molecular weight is 271 g/mol. The molecule has 0 saturated carbocycles. The maximum Gasteiger partial charge on any atom is 0.147 e. The van der Waals surface area contributed by atoms with Crippen molar-refractivity contribution in [2.45, 2.75) is 33.0 Å². The minimum Gasteiger partial charge on any atom is -0.329 e. The number of aromatic nitrogens is 3. The summed E-state index contributed by atoms with van der Waals surface area (Å²) in [5.74, 6) is 1.03. The largest absolute Gasteiger partial charge is 0.329 e. The van der Waals surface area contributed by atoms with Crippen molar-refractivity contribution < 1.29 is 0 Å². The second kappa shape index (κ2) is 5.34. The highest BCUT2D eigenvalue weighted by Crippen LogP contribution is 2.27. The van der Waals surface area contributed by atoms with Gasteiger partial charge in [-0.3, -0.25) is 4.90 Å². The quantitative estimate of drug-likeness (QED) is 0.917. The van der Waals surface area contributed by atoms with E-state index in [0.717, 1.165) is 25.5 Å². The number of nitrogens with two attached hydrogens (primary N) is 1. The molecule has 3 rings (SSSR count). The summed E-state index contributed by atoms with van der Waals surface area (Å²) in [5.41, 5.74) is 10.1. The normalized spacial score (nSPS) is 16.9. The third-order valence-electron chi connectivity index (χ3n) is 4.34. The Labute approximate surface area is 119 Å². The van der Waals surface area contributed by atoms with Crippen molar-refractivity contribution in [3.63, 3.8) is 0 Å². The van der Waals surface area contributed by atoms with Crippen molar-refractivity contribution in [1.82, 2.24) is 19.7 Å². The van der Waals surface area contributed by atoms with Gasteiger partial charge in [-0.25, -0.2) is 0 Å². The van der Waals surface area contributed by atoms with E-state index in [-0.39, 0.29) is 6.04 Å². The topological polar surface area (TPSA) is 60.0 Å². The van der Waals surface area contributed by atoms with Crippen LogP contribution in [0.2, 0.25) is 0 Å². The molecule has 106 valence electrons. The van der Waals surface area contributed by atoms with Crippen molar-refractivity contribution in [3.8, 4) is 0 Å². The molecular weight excluding hydrogens is 250 g/mol. The molecule has 0 spiro atoms. The van der Waals surface area contributed by atoms with Gasteiger partial charge in [0.1, 0.15) is 12.2 Å². The van der Waals surface area contributed by atoms with Crippen molar-refractivity contribution in [2.24, 2.45) is 5.73 Å². The molecule has 1 aliphatic rings. The van der Waals surface area contributed by atoms with E-state index in [1.807, 2.05) is 6.33 Å². The summed E-state index contributed by atoms with van der Waals surface area (Å²) in [6, 6.07) is 6.71. The van der Waals surface area contributed by atoms with Crippen LogP contribution in [0.25, 0.3) is 0 Å². The average Bonchev–Trinajstić information content (AvgIpc) is 2.92. The molecule has 2 aromatic rings. The Morgan fingerprint density at radius 3 is 2.95 bits per heavy atom. The van der Waals surface area contributed by atoms with Gasteiger partial charge in [-0.1, -0.05) is 18.2 Å². The first-order valence-electron chi connectivity index (χ1n) is 7.07. The molecule has 2 N–H and O–H groups in total. The van der Waals surface area contributed by atoms with E-state index in [1.165, 1.54) is 16.7 Å². The molecule has 1 aromatic carbocycles. The molecule has 1 unspecified atom stereocenters. The van der Waals surface area contributed by atoms with E-state index in [0.29, 0.717) is 6.54 Å². The lowest BCUT2D eigenvalue weighted by Gasteiger charge is -2.35. The van der Waals surface area contributed by atoms with Crippen LogP contribution in [-0.2, 0) is 13.1 Å². The van der Waals surface area contributed by atoms with Gasteiger partial charge in [-0.15, -0.1) is 10.2 Å². The van der Waals surface area contributed by atoms with Gasteiger partial charge in [0, 0.05) is 25.7 Å². The Morgan fingerprint density at radius 2 is 2.15 bits per heavy atom. The monoisotopic (exact) mass is 271 g/mol. The first-order valence-corrected chi connectivity index (χ1v) is 7.07. The lowest BCUT2D eigenvalue weighted by atomic mass is 9.96. The molecular formula is C15H21N5. The van der Waals surface area contributed by atoms with Crippen LogP contribution in [0.15, 0.2) is 24.5 Å². The van der Waals surface area contributed by atoms with E-state index >= 15 is 0 Å². The maximum atomic E-state index is 6.07. The van der Waals surface area contributed by atoms with Gasteiger partial charge in [0.2, 0.25) is 0 Å². The van der Waals surface area contributed by atoms with Gasteiger partial charge in [-0.2, -0.15) is 0 Å². The molecule has 0 saturated heterocycles. The van der Waals surface area contributed by atoms with Crippen LogP contribution >= 0.6 is 0 Å². The zero-order valence-corrected chi connectivity index (χ0v) is 12.1. The van der Waals surface area contributed by atoms with E-state index < -0.39 is 0 Å². The molecule has 0 bridgehead atoms. The predicted octanol–water partition coefficient (Wildman–Crippen LogP) is 1.41. The molecule has 5 heteroatoms. The second-order valence-corrected chi connectivity index (χ2v) is 5.45. The fourth-order valence-corrected chi connectivity index (χ4v) is 2.96. The Balaban J connectivity index is 1.89. The fourth-order valence-electron chi connectivity index (χ4n) is 2.96. The van der Waals surface area contributed by atoms with Crippen molar-refractivity contribution in [1.29, 1.82) is 0 Å². The second-order valence-electron chi connectivity index (χ2n) is 5.45. The standard InChI is InChI=1S/C15H21N5/c1-11-4-3-5-13(12(11)2)14(8-16)19-6-7-20-10-17-18-15(20)9-19/h3-5,10,14H,6-9,16H2,1-2H3. The zero-order chi connectivity index (χ0) is 14.1. The molecule has 0 aliphatic carbocycles. The van der Waals surface area contributed by atoms with Crippen LogP contribution in [0, 0.1) is 13.8 Å². The van der Waals surface area contributed by atoms with Gasteiger partial charge < -0.3 is 10.3 Å². The summed E-state index contributed by atoms with van der Waals surface area (Å²) < 4.78 is 2.12. The van der Waals surface area contributed by atoms with Gasteiger partial charge in [0.05, 0.1) is 6.54 Å². The molecule has 0 amide bonds. The Bertz CT molecular complexity index is 604. The molecule has 0 fully saturated rings. The van der Waals surface area contributed by atoms with Crippen LogP contribution in [0.1, 0.15) is 28.6 Å². The van der Waals surface area contributed by atoms with E-state index in [2.05, 4.69) is 51.7 Å². The highest BCUT2D eigenvalue weighted by Gasteiger charge is 2.25. The maximum absolute atomic E-state index is 6.07.